The molecule has 0 amide bonds. The second-order valence-electron chi connectivity index (χ2n) is 24.9. The Labute approximate surface area is 438 Å². The van der Waals surface area contributed by atoms with Gasteiger partial charge in [0.2, 0.25) is 0 Å². The molecule has 70 heavy (non-hydrogen) atoms. The highest BCUT2D eigenvalue weighted by molar-refractivity contribution is 5.64. The van der Waals surface area contributed by atoms with Gasteiger partial charge < -0.3 is 27.4 Å². The van der Waals surface area contributed by atoms with Gasteiger partial charge in [0, 0.05) is 0 Å². The molecule has 2 rings (SSSR count). The van der Waals surface area contributed by atoms with E-state index in [1.54, 1.807) is 0 Å². The van der Waals surface area contributed by atoms with Crippen molar-refractivity contribution in [2.24, 2.45) is 0 Å². The van der Waals surface area contributed by atoms with Gasteiger partial charge in [0.15, 0.2) is 0 Å². The molecule has 0 N–H and O–H groups in total. The molecule has 0 heterocycles. The maximum atomic E-state index is 6.11. The third kappa shape index (κ3) is 35.9. The summed E-state index contributed by atoms with van der Waals surface area (Å²) in [5, 5.41) is 0. The van der Waals surface area contributed by atoms with Crippen molar-refractivity contribution in [3.63, 3.8) is 0 Å². The molecule has 2 aromatic rings. The molecule has 0 atom stereocenters. The Kier molecular flexibility index (Phi) is 36.0. The van der Waals surface area contributed by atoms with Gasteiger partial charge in [-0.25, -0.2) is 0 Å². The van der Waals surface area contributed by atoms with Crippen LogP contribution < -0.4 is 9.47 Å². The highest BCUT2D eigenvalue weighted by Crippen LogP contribution is 2.25. The third-order valence-corrected chi connectivity index (χ3v) is 15.7. The fourth-order valence-electron chi connectivity index (χ4n) is 10.5. The zero-order valence-corrected chi connectivity index (χ0v) is 48.9. The summed E-state index contributed by atoms with van der Waals surface area (Å²) < 4.78 is 17.0. The first-order valence-corrected chi connectivity index (χ1v) is 30.4. The van der Waals surface area contributed by atoms with Crippen molar-refractivity contribution < 1.29 is 27.4 Å². The molecule has 0 saturated carbocycles. The lowest BCUT2D eigenvalue weighted by atomic mass is 10.1. The standard InChI is InChI=1S/C64H122N4O2/c1-11-13-15-33-51-65(3,4)55-37-27-29-39-57-67(7,8)53-35-25-21-17-19-23-31-41-59-69-63-47-43-61(44-48-63)62-45-49-64(50-46-62)70-60-42-32-24-20-18-22-26-36-54-68(9,10)58-40-30-28-38-56-66(5,6)52-34-16-14-12-2/h43-50H,11-42,51-60H2,1-10H3/q+4. The number of unbranched alkanes of at least 4 members (excludes halogenated alkanes) is 26. The molecule has 0 aromatic heterocycles. The van der Waals surface area contributed by atoms with Crippen LogP contribution in [0.3, 0.4) is 0 Å². The Morgan fingerprint density at radius 2 is 0.429 bits per heavy atom. The Hall–Kier alpha value is -2.12. The van der Waals surface area contributed by atoms with Crippen LogP contribution >= 0.6 is 0 Å². The maximum Gasteiger partial charge on any atom is 0.119 e. The van der Waals surface area contributed by atoms with Crippen LogP contribution in [-0.2, 0) is 0 Å². The zero-order chi connectivity index (χ0) is 51.1. The van der Waals surface area contributed by atoms with Crippen molar-refractivity contribution in [2.45, 2.75) is 219 Å². The fourth-order valence-corrected chi connectivity index (χ4v) is 10.5. The quantitative estimate of drug-likeness (QED) is 0.0486. The smallest absolute Gasteiger partial charge is 0.119 e. The summed E-state index contributed by atoms with van der Waals surface area (Å²) >= 11 is 0. The van der Waals surface area contributed by atoms with Crippen molar-refractivity contribution in [1.82, 2.24) is 0 Å². The largest absolute Gasteiger partial charge is 0.494 e. The first-order chi connectivity index (χ1) is 33.7. The van der Waals surface area contributed by atoms with Crippen LogP contribution in [0, 0.1) is 0 Å². The molecule has 406 valence electrons. The molecule has 0 fully saturated rings. The Balaban J connectivity index is 1.40. The molecule has 0 unspecified atom stereocenters. The van der Waals surface area contributed by atoms with Gasteiger partial charge in [0.25, 0.3) is 0 Å². The highest BCUT2D eigenvalue weighted by atomic mass is 16.5. The lowest BCUT2D eigenvalue weighted by Gasteiger charge is -2.31. The lowest BCUT2D eigenvalue weighted by Crippen LogP contribution is -2.41. The molecule has 0 aliphatic rings. The van der Waals surface area contributed by atoms with E-state index in [9.17, 15) is 0 Å². The minimum Gasteiger partial charge on any atom is -0.494 e. The van der Waals surface area contributed by atoms with E-state index in [0.717, 1.165) is 37.6 Å². The topological polar surface area (TPSA) is 18.5 Å². The van der Waals surface area contributed by atoms with Gasteiger partial charge in [0.05, 0.1) is 122 Å². The minimum atomic E-state index is 0.811. The molecule has 0 spiro atoms. The molecule has 6 heteroatoms. The normalized spacial score (nSPS) is 12.5. The number of hydrogen-bond donors (Lipinski definition) is 0. The van der Waals surface area contributed by atoms with Crippen LogP contribution in [0.2, 0.25) is 0 Å². The van der Waals surface area contributed by atoms with E-state index >= 15 is 0 Å². The summed E-state index contributed by atoms with van der Waals surface area (Å²) in [7, 11) is 19.5. The van der Waals surface area contributed by atoms with E-state index in [-0.39, 0.29) is 0 Å². The molecular formula is C64H122N4O2+4. The van der Waals surface area contributed by atoms with Crippen LogP contribution in [-0.4, -0.2) is 140 Å². The molecule has 0 aliphatic heterocycles. The first kappa shape index (κ1) is 64.0. The van der Waals surface area contributed by atoms with Crippen LogP contribution in [0.1, 0.15) is 219 Å². The third-order valence-electron chi connectivity index (χ3n) is 15.7. The molecule has 0 bridgehead atoms. The van der Waals surface area contributed by atoms with Gasteiger partial charge in [-0.3, -0.25) is 0 Å². The highest BCUT2D eigenvalue weighted by Gasteiger charge is 2.18. The number of rotatable bonds is 49. The Morgan fingerprint density at radius 3 is 0.643 bits per heavy atom. The van der Waals surface area contributed by atoms with Gasteiger partial charge in [-0.1, -0.05) is 128 Å². The summed E-state index contributed by atoms with van der Waals surface area (Å²) in [5.74, 6) is 1.95. The van der Waals surface area contributed by atoms with Crippen molar-refractivity contribution in [3.8, 4) is 22.6 Å². The van der Waals surface area contributed by atoms with Gasteiger partial charge >= 0.3 is 0 Å². The summed E-state index contributed by atoms with van der Waals surface area (Å²) in [4.78, 5) is 0. The Bertz CT molecular complexity index is 1360. The number of ether oxygens (including phenoxy) is 2. The summed E-state index contributed by atoms with van der Waals surface area (Å²) in [6, 6.07) is 17.2. The molecule has 2 aromatic carbocycles. The van der Waals surface area contributed by atoms with Gasteiger partial charge in [-0.15, -0.1) is 0 Å². The van der Waals surface area contributed by atoms with Gasteiger partial charge in [0.1, 0.15) is 11.5 Å². The average Bonchev–Trinajstić information content (AvgIpc) is 3.32. The van der Waals surface area contributed by atoms with Gasteiger partial charge in [-0.05, 0) is 151 Å². The van der Waals surface area contributed by atoms with Crippen molar-refractivity contribution in [3.05, 3.63) is 48.5 Å². The monoisotopic (exact) mass is 979 g/mol. The minimum absolute atomic E-state index is 0.811. The summed E-state index contributed by atoms with van der Waals surface area (Å²) in [5.41, 5.74) is 2.45. The fraction of sp³-hybridized carbons (Fsp3) is 0.812. The van der Waals surface area contributed by atoms with Crippen LogP contribution in [0.25, 0.3) is 11.1 Å². The van der Waals surface area contributed by atoms with E-state index in [2.05, 4.69) is 119 Å². The molecule has 0 aliphatic carbocycles. The molecule has 6 nitrogen and oxygen atoms in total. The van der Waals surface area contributed by atoms with Crippen molar-refractivity contribution >= 4 is 0 Å². The van der Waals surface area contributed by atoms with Crippen molar-refractivity contribution in [1.29, 1.82) is 0 Å². The van der Waals surface area contributed by atoms with Crippen LogP contribution in [0.5, 0.6) is 11.5 Å². The molecular weight excluding hydrogens is 857 g/mol. The maximum absolute atomic E-state index is 6.11. The summed E-state index contributed by atoms with van der Waals surface area (Å²) in [6.07, 6.45) is 43.5. The van der Waals surface area contributed by atoms with E-state index in [0.29, 0.717) is 0 Å². The van der Waals surface area contributed by atoms with E-state index in [1.807, 2.05) is 0 Å². The Morgan fingerprint density at radius 1 is 0.243 bits per heavy atom. The second kappa shape index (κ2) is 39.4. The SMILES string of the molecule is CCCCCC[N+](C)(C)CCCCCC[N+](C)(C)CCCCCCCCCCOc1ccc(-c2ccc(OCCCCCCCCCC[N+](C)(C)CCCCCC[N+](C)(C)CCCCCC)cc2)cc1. The number of nitrogens with zero attached hydrogens (tertiary/aromatic N) is 4. The van der Waals surface area contributed by atoms with E-state index in [1.165, 1.54) is 274 Å². The van der Waals surface area contributed by atoms with E-state index in [4.69, 9.17) is 9.47 Å². The predicted octanol–water partition coefficient (Wildman–Crippen LogP) is 16.9. The predicted molar refractivity (Wildman–Crippen MR) is 309 cm³/mol. The van der Waals surface area contributed by atoms with Crippen molar-refractivity contribution in [2.75, 3.05) is 122 Å². The molecule has 0 radical (unpaired) electrons. The van der Waals surface area contributed by atoms with Gasteiger partial charge in [-0.2, -0.15) is 0 Å². The summed E-state index contributed by atoms with van der Waals surface area (Å²) in [6.45, 7) is 17.0. The lowest BCUT2D eigenvalue weighted by molar-refractivity contribution is -0.891. The number of quaternary nitrogens is 4. The second-order valence-corrected chi connectivity index (χ2v) is 24.9. The van der Waals surface area contributed by atoms with E-state index < -0.39 is 0 Å². The zero-order valence-electron chi connectivity index (χ0n) is 48.9. The molecule has 0 saturated heterocycles. The first-order valence-electron chi connectivity index (χ1n) is 30.4. The average molecular weight is 980 g/mol. The number of benzene rings is 2. The van der Waals surface area contributed by atoms with Crippen LogP contribution in [0.4, 0.5) is 0 Å². The number of hydrogen-bond acceptors (Lipinski definition) is 2. The van der Waals surface area contributed by atoms with Crippen LogP contribution in [0.15, 0.2) is 48.5 Å².